The zero-order valence-corrected chi connectivity index (χ0v) is 14.5. The van der Waals surface area contributed by atoms with E-state index in [4.69, 9.17) is 16.6 Å². The van der Waals surface area contributed by atoms with Crippen LogP contribution < -0.4 is 9.80 Å². The van der Waals surface area contributed by atoms with E-state index in [1.54, 1.807) is 0 Å². The normalized spacial score (nSPS) is 22.1. The monoisotopic (exact) mass is 329 g/mol. The number of piperidine rings is 1. The highest BCUT2D eigenvalue weighted by Gasteiger charge is 2.22. The summed E-state index contributed by atoms with van der Waals surface area (Å²) >= 11 is 6.27. The van der Waals surface area contributed by atoms with Crippen LogP contribution in [-0.4, -0.2) is 31.2 Å². The first-order valence-corrected chi connectivity index (χ1v) is 9.19. The number of halogens is 1. The Morgan fingerprint density at radius 3 is 2.61 bits per heavy atom. The van der Waals surface area contributed by atoms with Crippen LogP contribution in [0, 0.1) is 5.92 Å². The Hall–Kier alpha value is -1.48. The van der Waals surface area contributed by atoms with E-state index in [0.717, 1.165) is 48.5 Å². The van der Waals surface area contributed by atoms with Crippen molar-refractivity contribution in [2.45, 2.75) is 32.6 Å². The van der Waals surface area contributed by atoms with Crippen molar-refractivity contribution in [1.82, 2.24) is 4.98 Å². The molecule has 2 saturated heterocycles. The maximum absolute atomic E-state index is 6.27. The Balaban J connectivity index is 1.82. The van der Waals surface area contributed by atoms with E-state index >= 15 is 0 Å². The van der Waals surface area contributed by atoms with Crippen LogP contribution in [0.2, 0.25) is 5.02 Å². The van der Waals surface area contributed by atoms with Gasteiger partial charge in [0, 0.05) is 48.3 Å². The highest BCUT2D eigenvalue weighted by Crippen LogP contribution is 2.35. The van der Waals surface area contributed by atoms with E-state index in [9.17, 15) is 0 Å². The van der Waals surface area contributed by atoms with Gasteiger partial charge in [0.2, 0.25) is 0 Å². The molecule has 1 atom stereocenters. The first-order valence-electron chi connectivity index (χ1n) is 8.81. The summed E-state index contributed by atoms with van der Waals surface area (Å²) in [6.07, 6.45) is 5.15. The van der Waals surface area contributed by atoms with Crippen molar-refractivity contribution in [1.29, 1.82) is 0 Å². The van der Waals surface area contributed by atoms with Gasteiger partial charge in [-0.2, -0.15) is 0 Å². The average Bonchev–Trinajstić information content (AvgIpc) is 3.08. The number of hydrogen-bond donors (Lipinski definition) is 0. The summed E-state index contributed by atoms with van der Waals surface area (Å²) in [4.78, 5) is 9.87. The molecule has 0 N–H and O–H groups in total. The van der Waals surface area contributed by atoms with Crippen LogP contribution in [0.1, 0.15) is 32.6 Å². The summed E-state index contributed by atoms with van der Waals surface area (Å²) in [7, 11) is 0. The fourth-order valence-electron chi connectivity index (χ4n) is 3.94. The van der Waals surface area contributed by atoms with Gasteiger partial charge in [0.1, 0.15) is 5.82 Å². The number of pyridine rings is 1. The van der Waals surface area contributed by atoms with Gasteiger partial charge < -0.3 is 9.80 Å². The van der Waals surface area contributed by atoms with Crippen molar-refractivity contribution >= 4 is 34.0 Å². The molecular weight excluding hydrogens is 306 g/mol. The van der Waals surface area contributed by atoms with Gasteiger partial charge in [0.25, 0.3) is 0 Å². The Bertz CT molecular complexity index is 709. The van der Waals surface area contributed by atoms with E-state index in [0.29, 0.717) is 0 Å². The predicted octanol–water partition coefficient (Wildman–Crippen LogP) is 4.72. The molecule has 3 heterocycles. The minimum Gasteiger partial charge on any atom is -0.371 e. The molecule has 0 amide bonds. The number of hydrogen-bond acceptors (Lipinski definition) is 3. The summed E-state index contributed by atoms with van der Waals surface area (Å²) in [5.41, 5.74) is 2.37. The lowest BCUT2D eigenvalue weighted by Crippen LogP contribution is -2.34. The second kappa shape index (κ2) is 6.20. The van der Waals surface area contributed by atoms with Gasteiger partial charge in [0.15, 0.2) is 0 Å². The molecule has 2 aromatic rings. The molecule has 0 aliphatic carbocycles. The molecule has 0 unspecified atom stereocenters. The zero-order chi connectivity index (χ0) is 15.8. The summed E-state index contributed by atoms with van der Waals surface area (Å²) < 4.78 is 0. The van der Waals surface area contributed by atoms with Gasteiger partial charge in [-0.05, 0) is 49.8 Å². The summed E-state index contributed by atoms with van der Waals surface area (Å²) in [5.74, 6) is 1.88. The fraction of sp³-hybridized carbons (Fsp3) is 0.526. The van der Waals surface area contributed by atoms with E-state index in [1.807, 2.05) is 6.07 Å². The molecule has 2 aliphatic rings. The van der Waals surface area contributed by atoms with Crippen molar-refractivity contribution in [2.75, 3.05) is 36.0 Å². The number of nitrogens with zero attached hydrogens (tertiary/aromatic N) is 3. The maximum Gasteiger partial charge on any atom is 0.131 e. The van der Waals surface area contributed by atoms with Crippen LogP contribution in [0.5, 0.6) is 0 Å². The number of fused-ring (bicyclic) bond motifs is 1. The molecule has 1 aromatic carbocycles. The van der Waals surface area contributed by atoms with Gasteiger partial charge in [-0.3, -0.25) is 0 Å². The van der Waals surface area contributed by atoms with Crippen LogP contribution in [0.4, 0.5) is 11.5 Å². The van der Waals surface area contributed by atoms with Crippen LogP contribution in [0.25, 0.3) is 10.9 Å². The van der Waals surface area contributed by atoms with Gasteiger partial charge >= 0.3 is 0 Å². The van der Waals surface area contributed by atoms with Crippen LogP contribution in [-0.2, 0) is 0 Å². The molecule has 4 rings (SSSR count). The average molecular weight is 330 g/mol. The topological polar surface area (TPSA) is 19.4 Å². The third kappa shape index (κ3) is 2.99. The van der Waals surface area contributed by atoms with E-state index < -0.39 is 0 Å². The van der Waals surface area contributed by atoms with Crippen molar-refractivity contribution in [2.24, 2.45) is 5.92 Å². The molecule has 0 radical (unpaired) electrons. The molecule has 4 heteroatoms. The molecular formula is C19H24ClN3. The highest BCUT2D eigenvalue weighted by molar-refractivity contribution is 6.31. The van der Waals surface area contributed by atoms with Gasteiger partial charge in [-0.25, -0.2) is 4.98 Å². The third-order valence-electron chi connectivity index (χ3n) is 5.16. The molecule has 122 valence electrons. The van der Waals surface area contributed by atoms with Gasteiger partial charge in [-0.1, -0.05) is 18.5 Å². The Labute approximate surface area is 143 Å². The second-order valence-electron chi connectivity index (χ2n) is 7.05. The van der Waals surface area contributed by atoms with Crippen molar-refractivity contribution < 1.29 is 0 Å². The lowest BCUT2D eigenvalue weighted by Gasteiger charge is -2.34. The predicted molar refractivity (Wildman–Crippen MR) is 98.8 cm³/mol. The molecule has 1 aromatic heterocycles. The Kier molecular flexibility index (Phi) is 4.06. The molecule has 23 heavy (non-hydrogen) atoms. The van der Waals surface area contributed by atoms with E-state index in [1.165, 1.54) is 36.8 Å². The van der Waals surface area contributed by atoms with Gasteiger partial charge in [-0.15, -0.1) is 0 Å². The zero-order valence-electron chi connectivity index (χ0n) is 13.8. The molecule has 0 saturated carbocycles. The molecule has 2 aliphatic heterocycles. The molecule has 0 bridgehead atoms. The quantitative estimate of drug-likeness (QED) is 0.794. The lowest BCUT2D eigenvalue weighted by molar-refractivity contribution is 0.447. The first-order chi connectivity index (χ1) is 11.2. The molecule has 3 nitrogen and oxygen atoms in total. The van der Waals surface area contributed by atoms with Crippen molar-refractivity contribution in [3.63, 3.8) is 0 Å². The summed E-state index contributed by atoms with van der Waals surface area (Å²) in [6, 6.07) is 8.38. The van der Waals surface area contributed by atoms with Crippen molar-refractivity contribution in [3.8, 4) is 0 Å². The van der Waals surface area contributed by atoms with Crippen LogP contribution in [0.15, 0.2) is 24.3 Å². The number of anilines is 2. The minimum atomic E-state index is 0.751. The second-order valence-corrected chi connectivity index (χ2v) is 7.49. The standard InChI is InChI=1S/C19H24ClN3/c1-14-5-4-10-23(13-14)18-12-19(22-8-2-3-9-22)21-17-7-6-15(20)11-16(17)18/h6-7,11-12,14H,2-5,8-10,13H2,1H3/t14-/m1/s1. The van der Waals surface area contributed by atoms with Crippen molar-refractivity contribution in [3.05, 3.63) is 29.3 Å². The summed E-state index contributed by atoms with van der Waals surface area (Å²) in [5, 5.41) is 1.98. The lowest BCUT2D eigenvalue weighted by atomic mass is 9.99. The Morgan fingerprint density at radius 2 is 1.83 bits per heavy atom. The Morgan fingerprint density at radius 1 is 1.04 bits per heavy atom. The number of benzene rings is 1. The number of aromatic nitrogens is 1. The smallest absolute Gasteiger partial charge is 0.131 e. The largest absolute Gasteiger partial charge is 0.371 e. The summed E-state index contributed by atoms with van der Waals surface area (Å²) in [6.45, 7) is 6.87. The van der Waals surface area contributed by atoms with Crippen LogP contribution in [0.3, 0.4) is 0 Å². The fourth-order valence-corrected chi connectivity index (χ4v) is 4.12. The van der Waals surface area contributed by atoms with E-state index in [2.05, 4.69) is 34.9 Å². The molecule has 2 fully saturated rings. The third-order valence-corrected chi connectivity index (χ3v) is 5.40. The van der Waals surface area contributed by atoms with Crippen LogP contribution >= 0.6 is 11.6 Å². The minimum absolute atomic E-state index is 0.751. The van der Waals surface area contributed by atoms with E-state index in [-0.39, 0.29) is 0 Å². The van der Waals surface area contributed by atoms with Gasteiger partial charge in [0.05, 0.1) is 5.52 Å². The number of rotatable bonds is 2. The first kappa shape index (κ1) is 15.1. The SMILES string of the molecule is C[C@@H]1CCCN(c2cc(N3CCCC3)nc3ccc(Cl)cc23)C1. The molecule has 0 spiro atoms. The highest BCUT2D eigenvalue weighted by atomic mass is 35.5. The maximum atomic E-state index is 6.27.